The maximum Gasteiger partial charge on any atom is 0.326 e. The van der Waals surface area contributed by atoms with Crippen LogP contribution in [0, 0.1) is 5.92 Å². The standard InChI is InChI=1S/C16H30N4O6S2/c1-8(2)12(16(25)26)20-15(24)11(6-21)19-14(23)10(4-5-28-3)18-13(22)9(17)7-27/h8-12,21,27H,4-7,17H2,1-3H3,(H,18,22)(H,19,23)(H,20,24)(H,25,26). The Labute approximate surface area is 174 Å². The third-order valence-electron chi connectivity index (χ3n) is 3.82. The fourth-order valence-corrected chi connectivity index (χ4v) is 2.74. The average Bonchev–Trinajstić information content (AvgIpc) is 2.65. The van der Waals surface area contributed by atoms with Crippen molar-refractivity contribution in [2.75, 3.05) is 24.4 Å². The number of hydrogen-bond acceptors (Lipinski definition) is 8. The summed E-state index contributed by atoms with van der Waals surface area (Å²) >= 11 is 5.40. The van der Waals surface area contributed by atoms with Crippen LogP contribution >= 0.6 is 24.4 Å². The molecule has 0 fully saturated rings. The molecule has 0 saturated heterocycles. The molecule has 0 radical (unpaired) electrons. The first-order valence-corrected chi connectivity index (χ1v) is 10.7. The van der Waals surface area contributed by atoms with Crippen LogP contribution in [0.15, 0.2) is 0 Å². The number of carbonyl (C=O) groups excluding carboxylic acids is 3. The SMILES string of the molecule is CSCCC(NC(=O)C(N)CS)C(=O)NC(CO)C(=O)NC(C(=O)O)C(C)C. The summed E-state index contributed by atoms with van der Waals surface area (Å²) in [5.41, 5.74) is 5.60. The first-order valence-electron chi connectivity index (χ1n) is 8.69. The van der Waals surface area contributed by atoms with Crippen molar-refractivity contribution in [2.45, 2.75) is 44.4 Å². The zero-order valence-electron chi connectivity index (χ0n) is 16.2. The van der Waals surface area contributed by atoms with Crippen LogP contribution in [0.3, 0.4) is 0 Å². The lowest BCUT2D eigenvalue weighted by molar-refractivity contribution is -0.143. The summed E-state index contributed by atoms with van der Waals surface area (Å²) in [5.74, 6) is -3.05. The lowest BCUT2D eigenvalue weighted by Gasteiger charge is -2.25. The van der Waals surface area contributed by atoms with Crippen LogP contribution in [0.25, 0.3) is 0 Å². The lowest BCUT2D eigenvalue weighted by Crippen LogP contribution is -2.58. The van der Waals surface area contributed by atoms with Crippen molar-refractivity contribution in [2.24, 2.45) is 11.7 Å². The van der Waals surface area contributed by atoms with E-state index < -0.39 is 60.4 Å². The zero-order chi connectivity index (χ0) is 21.9. The number of aliphatic hydroxyl groups is 1. The average molecular weight is 439 g/mol. The van der Waals surface area contributed by atoms with Gasteiger partial charge in [-0.3, -0.25) is 14.4 Å². The van der Waals surface area contributed by atoms with E-state index in [1.165, 1.54) is 11.8 Å². The van der Waals surface area contributed by atoms with Crippen LogP contribution in [0.1, 0.15) is 20.3 Å². The maximum atomic E-state index is 12.5. The van der Waals surface area contributed by atoms with Crippen LogP contribution in [-0.2, 0) is 19.2 Å². The molecular weight excluding hydrogens is 408 g/mol. The number of hydrogen-bond donors (Lipinski definition) is 7. The number of carboxylic acids is 1. The molecule has 0 aromatic carbocycles. The van der Waals surface area contributed by atoms with E-state index in [0.717, 1.165) is 0 Å². The van der Waals surface area contributed by atoms with Gasteiger partial charge < -0.3 is 31.9 Å². The molecule has 7 N–H and O–H groups in total. The van der Waals surface area contributed by atoms with Crippen LogP contribution in [0.2, 0.25) is 0 Å². The normalized spacial score (nSPS) is 15.2. The van der Waals surface area contributed by atoms with Gasteiger partial charge in [-0.2, -0.15) is 24.4 Å². The molecule has 4 atom stereocenters. The minimum atomic E-state index is -1.36. The molecule has 28 heavy (non-hydrogen) atoms. The van der Waals surface area contributed by atoms with E-state index >= 15 is 0 Å². The van der Waals surface area contributed by atoms with Gasteiger partial charge in [0.1, 0.15) is 18.1 Å². The van der Waals surface area contributed by atoms with Gasteiger partial charge in [0.05, 0.1) is 12.6 Å². The predicted octanol–water partition coefficient (Wildman–Crippen LogP) is -1.82. The molecule has 0 aliphatic rings. The number of carboxylic acid groups (broad SMARTS) is 1. The van der Waals surface area contributed by atoms with E-state index in [4.69, 9.17) is 10.8 Å². The quantitative estimate of drug-likeness (QED) is 0.165. The second kappa shape index (κ2) is 13.6. The van der Waals surface area contributed by atoms with Gasteiger partial charge in [0.15, 0.2) is 0 Å². The molecule has 0 aliphatic carbocycles. The molecule has 0 aromatic heterocycles. The highest BCUT2D eigenvalue weighted by Gasteiger charge is 2.30. The van der Waals surface area contributed by atoms with Gasteiger partial charge >= 0.3 is 5.97 Å². The number of nitrogens with two attached hydrogens (primary N) is 1. The Hall–Kier alpha value is -1.50. The summed E-state index contributed by atoms with van der Waals surface area (Å²) in [7, 11) is 0. The molecule has 10 nitrogen and oxygen atoms in total. The van der Waals surface area contributed by atoms with Gasteiger partial charge in [-0.25, -0.2) is 4.79 Å². The molecule has 0 heterocycles. The second-order valence-electron chi connectivity index (χ2n) is 6.44. The van der Waals surface area contributed by atoms with Gasteiger partial charge in [0.2, 0.25) is 17.7 Å². The highest BCUT2D eigenvalue weighted by atomic mass is 32.2. The van der Waals surface area contributed by atoms with Crippen molar-refractivity contribution in [3.05, 3.63) is 0 Å². The van der Waals surface area contributed by atoms with Crippen molar-refractivity contribution >= 4 is 48.1 Å². The Morgan fingerprint density at radius 1 is 1.04 bits per heavy atom. The molecule has 0 spiro atoms. The molecule has 4 unspecified atom stereocenters. The van der Waals surface area contributed by atoms with E-state index in [9.17, 15) is 24.3 Å². The summed E-state index contributed by atoms with van der Waals surface area (Å²) in [4.78, 5) is 48.0. The highest BCUT2D eigenvalue weighted by molar-refractivity contribution is 7.98. The fraction of sp³-hybridized carbons (Fsp3) is 0.750. The number of aliphatic carboxylic acids is 1. The van der Waals surface area contributed by atoms with E-state index in [2.05, 4.69) is 28.6 Å². The fourth-order valence-electron chi connectivity index (χ4n) is 2.10. The van der Waals surface area contributed by atoms with Crippen molar-refractivity contribution < 1.29 is 29.4 Å². The van der Waals surface area contributed by atoms with E-state index in [-0.39, 0.29) is 12.2 Å². The molecule has 0 bridgehead atoms. The van der Waals surface area contributed by atoms with Crippen LogP contribution < -0.4 is 21.7 Å². The summed E-state index contributed by atoms with van der Waals surface area (Å²) < 4.78 is 0. The third-order valence-corrected chi connectivity index (χ3v) is 4.86. The van der Waals surface area contributed by atoms with E-state index in [0.29, 0.717) is 5.75 Å². The Morgan fingerprint density at radius 3 is 2.00 bits per heavy atom. The molecule has 0 rings (SSSR count). The first kappa shape index (κ1) is 26.5. The lowest BCUT2D eigenvalue weighted by atomic mass is 10.0. The Bertz CT molecular complexity index is 549. The molecule has 0 saturated carbocycles. The largest absolute Gasteiger partial charge is 0.480 e. The summed E-state index contributed by atoms with van der Waals surface area (Å²) in [6, 6.07) is -4.39. The number of carbonyl (C=O) groups is 4. The van der Waals surface area contributed by atoms with E-state index in [1.807, 2.05) is 6.26 Å². The van der Waals surface area contributed by atoms with Gasteiger partial charge in [0, 0.05) is 5.75 Å². The van der Waals surface area contributed by atoms with Crippen molar-refractivity contribution in [1.29, 1.82) is 0 Å². The molecule has 0 aromatic rings. The summed E-state index contributed by atoms with van der Waals surface area (Å²) in [5, 5.41) is 25.7. The number of nitrogens with one attached hydrogen (secondary N) is 3. The molecule has 162 valence electrons. The smallest absolute Gasteiger partial charge is 0.326 e. The minimum Gasteiger partial charge on any atom is -0.480 e. The monoisotopic (exact) mass is 438 g/mol. The van der Waals surface area contributed by atoms with Crippen LogP contribution in [0.4, 0.5) is 0 Å². The predicted molar refractivity (Wildman–Crippen MR) is 110 cm³/mol. The Morgan fingerprint density at radius 2 is 1.57 bits per heavy atom. The third kappa shape index (κ3) is 9.13. The van der Waals surface area contributed by atoms with Gasteiger partial charge in [-0.15, -0.1) is 0 Å². The number of thioether (sulfide) groups is 1. The topological polar surface area (TPSA) is 171 Å². The van der Waals surface area contributed by atoms with Gasteiger partial charge in [-0.1, -0.05) is 13.8 Å². The van der Waals surface area contributed by atoms with Crippen LogP contribution in [0.5, 0.6) is 0 Å². The van der Waals surface area contributed by atoms with Gasteiger partial charge in [-0.05, 0) is 24.3 Å². The second-order valence-corrected chi connectivity index (χ2v) is 7.79. The van der Waals surface area contributed by atoms with Crippen molar-refractivity contribution in [3.8, 4) is 0 Å². The number of thiol groups is 1. The number of aliphatic hydroxyl groups excluding tert-OH is 1. The summed E-state index contributed by atoms with van der Waals surface area (Å²) in [6.07, 6.45) is 2.11. The number of rotatable bonds is 13. The molecule has 0 aliphatic heterocycles. The van der Waals surface area contributed by atoms with Crippen molar-refractivity contribution in [1.82, 2.24) is 16.0 Å². The Kier molecular flexibility index (Phi) is 12.9. The van der Waals surface area contributed by atoms with E-state index in [1.54, 1.807) is 13.8 Å². The van der Waals surface area contributed by atoms with Crippen LogP contribution in [-0.4, -0.2) is 82.4 Å². The zero-order valence-corrected chi connectivity index (χ0v) is 17.9. The highest BCUT2D eigenvalue weighted by Crippen LogP contribution is 2.04. The molecule has 12 heteroatoms. The molecular formula is C16H30N4O6S2. The first-order chi connectivity index (χ1) is 13.1. The van der Waals surface area contributed by atoms with Crippen molar-refractivity contribution in [3.63, 3.8) is 0 Å². The summed E-state index contributed by atoms with van der Waals surface area (Å²) in [6.45, 7) is 2.50. The Balaban J connectivity index is 5.13. The van der Waals surface area contributed by atoms with Gasteiger partial charge in [0.25, 0.3) is 0 Å². The molecule has 3 amide bonds. The maximum absolute atomic E-state index is 12.5. The number of amides is 3. The minimum absolute atomic E-state index is 0.0934.